The summed E-state index contributed by atoms with van der Waals surface area (Å²) in [4.78, 5) is 10.5. The van der Waals surface area contributed by atoms with E-state index in [0.29, 0.717) is 6.54 Å². The van der Waals surface area contributed by atoms with Crippen LogP contribution >= 0.6 is 12.6 Å². The summed E-state index contributed by atoms with van der Waals surface area (Å²) >= 11 is 4.15. The van der Waals surface area contributed by atoms with Crippen molar-refractivity contribution in [3.63, 3.8) is 0 Å². The highest BCUT2D eigenvalue weighted by atomic mass is 32.1. The molecule has 3 heteroatoms. The fourth-order valence-corrected chi connectivity index (χ4v) is 0.531. The number of amides is 1. The van der Waals surface area contributed by atoms with Gasteiger partial charge in [-0.15, -0.1) is 0 Å². The van der Waals surface area contributed by atoms with Gasteiger partial charge in [0.1, 0.15) is 0 Å². The van der Waals surface area contributed by atoms with E-state index >= 15 is 0 Å². The minimum absolute atomic E-state index is 0.0230. The quantitative estimate of drug-likeness (QED) is 0.596. The molecular formula is C7H15NOS. The predicted molar refractivity (Wildman–Crippen MR) is 46.3 cm³/mol. The second kappa shape index (κ2) is 3.86. The van der Waals surface area contributed by atoms with E-state index in [0.717, 1.165) is 5.75 Å². The van der Waals surface area contributed by atoms with Gasteiger partial charge in [0.25, 0.3) is 0 Å². The highest BCUT2D eigenvalue weighted by Crippen LogP contribution is 2.14. The van der Waals surface area contributed by atoms with Gasteiger partial charge in [-0.3, -0.25) is 4.79 Å². The SMILES string of the molecule is CC(=O)NCC(C)(C)CS. The van der Waals surface area contributed by atoms with Gasteiger partial charge in [0.15, 0.2) is 0 Å². The minimum Gasteiger partial charge on any atom is -0.356 e. The Morgan fingerprint density at radius 1 is 1.60 bits per heavy atom. The van der Waals surface area contributed by atoms with Crippen LogP contribution in [0.15, 0.2) is 0 Å². The number of hydrogen-bond donors (Lipinski definition) is 2. The first kappa shape index (κ1) is 9.82. The lowest BCUT2D eigenvalue weighted by atomic mass is 9.96. The third-order valence-corrected chi connectivity index (χ3v) is 2.10. The molecule has 0 saturated carbocycles. The van der Waals surface area contributed by atoms with Gasteiger partial charge in [-0.1, -0.05) is 13.8 Å². The number of nitrogens with one attached hydrogen (secondary N) is 1. The van der Waals surface area contributed by atoms with Gasteiger partial charge < -0.3 is 5.32 Å². The van der Waals surface area contributed by atoms with E-state index in [2.05, 4.69) is 31.8 Å². The molecule has 10 heavy (non-hydrogen) atoms. The van der Waals surface area contributed by atoms with E-state index < -0.39 is 0 Å². The van der Waals surface area contributed by atoms with Gasteiger partial charge in [-0.25, -0.2) is 0 Å². The van der Waals surface area contributed by atoms with Crippen LogP contribution in [-0.2, 0) is 4.79 Å². The molecule has 1 N–H and O–H groups in total. The van der Waals surface area contributed by atoms with Gasteiger partial charge >= 0.3 is 0 Å². The number of carbonyl (C=O) groups excluding carboxylic acids is 1. The van der Waals surface area contributed by atoms with Crippen molar-refractivity contribution in [2.45, 2.75) is 20.8 Å². The van der Waals surface area contributed by atoms with Gasteiger partial charge in [0.2, 0.25) is 5.91 Å². The van der Waals surface area contributed by atoms with Crippen molar-refractivity contribution in [2.24, 2.45) is 5.41 Å². The van der Waals surface area contributed by atoms with Gasteiger partial charge in [0, 0.05) is 13.5 Å². The molecule has 1 amide bonds. The molecule has 60 valence electrons. The Balaban J connectivity index is 3.56. The third kappa shape index (κ3) is 4.68. The first-order valence-electron chi connectivity index (χ1n) is 3.33. The summed E-state index contributed by atoms with van der Waals surface area (Å²) in [7, 11) is 0. The molecule has 0 atom stereocenters. The molecule has 0 radical (unpaired) electrons. The van der Waals surface area contributed by atoms with Gasteiger partial charge in [-0.2, -0.15) is 12.6 Å². The van der Waals surface area contributed by atoms with Gasteiger partial charge in [0.05, 0.1) is 0 Å². The molecule has 0 aromatic rings. The maximum Gasteiger partial charge on any atom is 0.216 e. The molecule has 0 fully saturated rings. The van der Waals surface area contributed by atoms with Crippen molar-refractivity contribution in [1.29, 1.82) is 0 Å². The fourth-order valence-electron chi connectivity index (χ4n) is 0.420. The zero-order valence-electron chi connectivity index (χ0n) is 6.77. The largest absolute Gasteiger partial charge is 0.356 e. The van der Waals surface area contributed by atoms with Crippen molar-refractivity contribution in [1.82, 2.24) is 5.32 Å². The van der Waals surface area contributed by atoms with Crippen molar-refractivity contribution >= 4 is 18.5 Å². The zero-order valence-corrected chi connectivity index (χ0v) is 7.66. The van der Waals surface area contributed by atoms with Crippen molar-refractivity contribution < 1.29 is 4.79 Å². The van der Waals surface area contributed by atoms with Crippen LogP contribution in [0.4, 0.5) is 0 Å². The Labute approximate surface area is 67.8 Å². The lowest BCUT2D eigenvalue weighted by Gasteiger charge is -2.21. The normalized spacial score (nSPS) is 11.2. The molecule has 0 heterocycles. The van der Waals surface area contributed by atoms with E-state index in [1.807, 2.05) is 0 Å². The van der Waals surface area contributed by atoms with E-state index in [1.54, 1.807) is 0 Å². The van der Waals surface area contributed by atoms with E-state index in [-0.39, 0.29) is 11.3 Å². The van der Waals surface area contributed by atoms with Crippen molar-refractivity contribution in [3.8, 4) is 0 Å². The standard InChI is InChI=1S/C7H15NOS/c1-6(9)8-4-7(2,3)5-10/h10H,4-5H2,1-3H3,(H,8,9). The van der Waals surface area contributed by atoms with Crippen LogP contribution in [0.2, 0.25) is 0 Å². The summed E-state index contributed by atoms with van der Waals surface area (Å²) in [5.74, 6) is 0.808. The van der Waals surface area contributed by atoms with E-state index in [9.17, 15) is 4.79 Å². The topological polar surface area (TPSA) is 29.1 Å². The van der Waals surface area contributed by atoms with Crippen molar-refractivity contribution in [2.75, 3.05) is 12.3 Å². The molecule has 0 unspecified atom stereocenters. The Morgan fingerprint density at radius 3 is 2.40 bits per heavy atom. The second-order valence-corrected chi connectivity index (χ2v) is 3.55. The fraction of sp³-hybridized carbons (Fsp3) is 0.857. The maximum atomic E-state index is 10.5. The summed E-state index contributed by atoms with van der Waals surface area (Å²) in [5, 5.41) is 2.75. The monoisotopic (exact) mass is 161 g/mol. The molecule has 0 bridgehead atoms. The maximum absolute atomic E-state index is 10.5. The highest BCUT2D eigenvalue weighted by Gasteiger charge is 2.14. The average Bonchev–Trinajstić information content (AvgIpc) is 1.85. The molecule has 0 spiro atoms. The summed E-state index contributed by atoms with van der Waals surface area (Å²) in [5.41, 5.74) is 0.106. The number of carbonyl (C=O) groups is 1. The molecular weight excluding hydrogens is 146 g/mol. The van der Waals surface area contributed by atoms with Crippen LogP contribution in [0.1, 0.15) is 20.8 Å². The summed E-state index contributed by atoms with van der Waals surface area (Å²) in [6.45, 7) is 6.35. The van der Waals surface area contributed by atoms with Crippen LogP contribution in [0.25, 0.3) is 0 Å². The van der Waals surface area contributed by atoms with E-state index in [1.165, 1.54) is 6.92 Å². The third-order valence-electron chi connectivity index (χ3n) is 1.24. The Kier molecular flexibility index (Phi) is 3.79. The number of thiol groups is 1. The molecule has 2 nitrogen and oxygen atoms in total. The van der Waals surface area contributed by atoms with Crippen LogP contribution in [0, 0.1) is 5.41 Å². The van der Waals surface area contributed by atoms with E-state index in [4.69, 9.17) is 0 Å². The number of rotatable bonds is 3. The molecule has 0 aliphatic carbocycles. The lowest BCUT2D eigenvalue weighted by molar-refractivity contribution is -0.119. The molecule has 0 aromatic heterocycles. The Bertz CT molecular complexity index is 123. The number of hydrogen-bond acceptors (Lipinski definition) is 2. The zero-order chi connectivity index (χ0) is 8.20. The molecule has 0 aliphatic rings. The van der Waals surface area contributed by atoms with Crippen LogP contribution < -0.4 is 5.32 Å². The molecule has 0 aromatic carbocycles. The van der Waals surface area contributed by atoms with Crippen LogP contribution in [0.3, 0.4) is 0 Å². The first-order chi connectivity index (χ1) is 4.48. The van der Waals surface area contributed by atoms with Crippen LogP contribution in [-0.4, -0.2) is 18.2 Å². The van der Waals surface area contributed by atoms with Crippen molar-refractivity contribution in [3.05, 3.63) is 0 Å². The summed E-state index contributed by atoms with van der Waals surface area (Å²) < 4.78 is 0. The molecule has 0 aliphatic heterocycles. The lowest BCUT2D eigenvalue weighted by Crippen LogP contribution is -2.33. The molecule has 0 saturated heterocycles. The Hall–Kier alpha value is -0.180. The minimum atomic E-state index is 0.0230. The smallest absolute Gasteiger partial charge is 0.216 e. The molecule has 0 rings (SSSR count). The average molecular weight is 161 g/mol. The second-order valence-electron chi connectivity index (χ2n) is 3.23. The van der Waals surface area contributed by atoms with Gasteiger partial charge in [-0.05, 0) is 11.2 Å². The summed E-state index contributed by atoms with van der Waals surface area (Å²) in [6.07, 6.45) is 0. The first-order valence-corrected chi connectivity index (χ1v) is 3.96. The predicted octanol–water partition coefficient (Wildman–Crippen LogP) is 1.08. The Morgan fingerprint density at radius 2 is 2.10 bits per heavy atom. The highest BCUT2D eigenvalue weighted by molar-refractivity contribution is 7.80. The summed E-state index contributed by atoms with van der Waals surface area (Å²) in [6, 6.07) is 0. The van der Waals surface area contributed by atoms with Crippen LogP contribution in [0.5, 0.6) is 0 Å².